The fraction of sp³-hybridized carbons (Fsp3) is 0.0952. The van der Waals surface area contributed by atoms with E-state index in [-0.39, 0.29) is 21.2 Å². The summed E-state index contributed by atoms with van der Waals surface area (Å²) < 4.78 is 40.4. The van der Waals surface area contributed by atoms with Gasteiger partial charge in [-0.25, -0.2) is 12.8 Å². The molecule has 0 unspecified atom stereocenters. The molecule has 29 heavy (non-hydrogen) atoms. The van der Waals surface area contributed by atoms with E-state index in [2.05, 4.69) is 10.0 Å². The van der Waals surface area contributed by atoms with E-state index < -0.39 is 21.7 Å². The molecule has 0 aromatic heterocycles. The highest BCUT2D eigenvalue weighted by Gasteiger charge is 2.17. The first-order valence-electron chi connectivity index (χ1n) is 8.62. The maximum absolute atomic E-state index is 13.1. The lowest BCUT2D eigenvalue weighted by Crippen LogP contribution is -2.15. The van der Waals surface area contributed by atoms with Gasteiger partial charge in [0.1, 0.15) is 5.82 Å². The Labute approximate surface area is 173 Å². The molecule has 0 aliphatic heterocycles. The Bertz CT molecular complexity index is 1180. The number of carbonyl (C=O) groups excluding carboxylic acids is 1. The first-order chi connectivity index (χ1) is 13.7. The molecule has 5 nitrogen and oxygen atoms in total. The van der Waals surface area contributed by atoms with Crippen molar-refractivity contribution in [2.45, 2.75) is 18.7 Å². The van der Waals surface area contributed by atoms with Gasteiger partial charge in [-0.15, -0.1) is 0 Å². The van der Waals surface area contributed by atoms with Crippen molar-refractivity contribution in [3.63, 3.8) is 0 Å². The minimum atomic E-state index is -4.00. The van der Waals surface area contributed by atoms with Crippen LogP contribution in [0.2, 0.25) is 5.02 Å². The van der Waals surface area contributed by atoms with Crippen LogP contribution in [-0.2, 0) is 10.0 Å². The van der Waals surface area contributed by atoms with Crippen molar-refractivity contribution < 1.29 is 17.6 Å². The molecular formula is C21H18ClFN2O3S. The largest absolute Gasteiger partial charge is 0.322 e. The normalized spacial score (nSPS) is 11.2. The number of anilines is 2. The van der Waals surface area contributed by atoms with Crippen molar-refractivity contribution in [2.75, 3.05) is 10.0 Å². The number of carbonyl (C=O) groups is 1. The average molecular weight is 433 g/mol. The van der Waals surface area contributed by atoms with Gasteiger partial charge in [-0.05, 0) is 79.6 Å². The number of benzene rings is 3. The molecule has 0 saturated carbocycles. The van der Waals surface area contributed by atoms with Gasteiger partial charge in [-0.1, -0.05) is 17.7 Å². The summed E-state index contributed by atoms with van der Waals surface area (Å²) in [5, 5.41) is 2.90. The predicted molar refractivity (Wildman–Crippen MR) is 113 cm³/mol. The number of hydrogen-bond donors (Lipinski definition) is 2. The predicted octanol–water partition coefficient (Wildman–Crippen LogP) is 5.15. The van der Waals surface area contributed by atoms with Gasteiger partial charge in [0.15, 0.2) is 0 Å². The van der Waals surface area contributed by atoms with Gasteiger partial charge >= 0.3 is 0 Å². The van der Waals surface area contributed by atoms with Crippen LogP contribution in [0, 0.1) is 19.7 Å². The van der Waals surface area contributed by atoms with Crippen molar-refractivity contribution in [3.05, 3.63) is 88.2 Å². The van der Waals surface area contributed by atoms with Crippen molar-refractivity contribution in [1.82, 2.24) is 0 Å². The molecule has 0 spiro atoms. The van der Waals surface area contributed by atoms with Crippen LogP contribution in [0.1, 0.15) is 21.5 Å². The lowest BCUT2D eigenvalue weighted by Gasteiger charge is -2.12. The van der Waals surface area contributed by atoms with E-state index in [4.69, 9.17) is 11.6 Å². The van der Waals surface area contributed by atoms with Crippen LogP contribution < -0.4 is 10.0 Å². The highest BCUT2D eigenvalue weighted by Crippen LogP contribution is 2.26. The molecule has 3 aromatic rings. The van der Waals surface area contributed by atoms with Crippen molar-refractivity contribution >= 4 is 38.9 Å². The summed E-state index contributed by atoms with van der Waals surface area (Å²) in [4.78, 5) is 12.4. The first-order valence-corrected chi connectivity index (χ1v) is 10.5. The summed E-state index contributed by atoms with van der Waals surface area (Å²) >= 11 is 6.10. The van der Waals surface area contributed by atoms with Crippen LogP contribution >= 0.6 is 11.6 Å². The molecule has 0 bridgehead atoms. The second-order valence-electron chi connectivity index (χ2n) is 6.51. The SMILES string of the molecule is Cc1ccc(NC(=O)c2ccc(Cl)c(NS(=O)(=O)c3ccc(F)cc3)c2)cc1C. The van der Waals surface area contributed by atoms with E-state index in [1.807, 2.05) is 26.0 Å². The smallest absolute Gasteiger partial charge is 0.261 e. The number of hydrogen-bond acceptors (Lipinski definition) is 3. The summed E-state index contributed by atoms with van der Waals surface area (Å²) in [5.74, 6) is -0.959. The summed E-state index contributed by atoms with van der Waals surface area (Å²) in [6.07, 6.45) is 0. The van der Waals surface area contributed by atoms with Crippen LogP contribution in [0.15, 0.2) is 65.6 Å². The molecular weight excluding hydrogens is 415 g/mol. The molecule has 0 saturated heterocycles. The molecule has 2 N–H and O–H groups in total. The van der Waals surface area contributed by atoms with E-state index in [0.29, 0.717) is 5.69 Å². The molecule has 0 radical (unpaired) electrons. The molecule has 0 aliphatic carbocycles. The van der Waals surface area contributed by atoms with E-state index in [1.165, 1.54) is 18.2 Å². The minimum Gasteiger partial charge on any atom is -0.322 e. The third kappa shape index (κ3) is 4.93. The summed E-state index contributed by atoms with van der Waals surface area (Å²) in [7, 11) is -4.00. The Balaban J connectivity index is 1.84. The molecule has 150 valence electrons. The summed E-state index contributed by atoms with van der Waals surface area (Å²) in [6.45, 7) is 3.91. The lowest BCUT2D eigenvalue weighted by atomic mass is 10.1. The zero-order valence-corrected chi connectivity index (χ0v) is 17.2. The number of sulfonamides is 1. The second-order valence-corrected chi connectivity index (χ2v) is 8.60. The van der Waals surface area contributed by atoms with Crippen LogP contribution in [-0.4, -0.2) is 14.3 Å². The van der Waals surface area contributed by atoms with Crippen LogP contribution in [0.3, 0.4) is 0 Å². The molecule has 8 heteroatoms. The zero-order valence-electron chi connectivity index (χ0n) is 15.7. The lowest BCUT2D eigenvalue weighted by molar-refractivity contribution is 0.102. The molecule has 3 aromatic carbocycles. The first kappa shape index (κ1) is 20.8. The van der Waals surface area contributed by atoms with Crippen molar-refractivity contribution in [1.29, 1.82) is 0 Å². The standard InChI is InChI=1S/C21H18ClFN2O3S/c1-13-3-7-17(11-14(13)2)24-21(26)15-4-10-19(22)20(12-15)25-29(27,28)18-8-5-16(23)6-9-18/h3-12,25H,1-2H3,(H,24,26). The van der Waals surface area contributed by atoms with E-state index in [1.54, 1.807) is 6.07 Å². The third-order valence-electron chi connectivity index (χ3n) is 4.36. The van der Waals surface area contributed by atoms with Gasteiger partial charge in [-0.3, -0.25) is 9.52 Å². The summed E-state index contributed by atoms with van der Waals surface area (Å²) in [5.41, 5.74) is 3.04. The second kappa shape index (κ2) is 8.23. The Morgan fingerprint density at radius 1 is 0.931 bits per heavy atom. The third-order valence-corrected chi connectivity index (χ3v) is 6.07. The molecule has 1 amide bonds. The Morgan fingerprint density at radius 2 is 1.62 bits per heavy atom. The maximum Gasteiger partial charge on any atom is 0.261 e. The highest BCUT2D eigenvalue weighted by molar-refractivity contribution is 7.92. The van der Waals surface area contributed by atoms with Crippen LogP contribution in [0.25, 0.3) is 0 Å². The van der Waals surface area contributed by atoms with Crippen LogP contribution in [0.5, 0.6) is 0 Å². The van der Waals surface area contributed by atoms with Gasteiger partial charge in [0.25, 0.3) is 15.9 Å². The van der Waals surface area contributed by atoms with Gasteiger partial charge in [0.05, 0.1) is 15.6 Å². The maximum atomic E-state index is 13.1. The molecule has 3 rings (SSSR count). The number of amides is 1. The highest BCUT2D eigenvalue weighted by atomic mass is 35.5. The van der Waals surface area contributed by atoms with Crippen molar-refractivity contribution in [2.24, 2.45) is 0 Å². The number of rotatable bonds is 5. The number of aryl methyl sites for hydroxylation is 2. The van der Waals surface area contributed by atoms with E-state index in [9.17, 15) is 17.6 Å². The van der Waals surface area contributed by atoms with Gasteiger partial charge in [0.2, 0.25) is 0 Å². The molecule has 0 fully saturated rings. The fourth-order valence-electron chi connectivity index (χ4n) is 2.58. The summed E-state index contributed by atoms with van der Waals surface area (Å²) in [6, 6.07) is 14.2. The Hall–Kier alpha value is -2.90. The topological polar surface area (TPSA) is 75.3 Å². The monoisotopic (exact) mass is 432 g/mol. The van der Waals surface area contributed by atoms with E-state index >= 15 is 0 Å². The Kier molecular flexibility index (Phi) is 5.91. The fourth-order valence-corrected chi connectivity index (χ4v) is 3.88. The van der Waals surface area contributed by atoms with Gasteiger partial charge in [0, 0.05) is 11.3 Å². The quantitative estimate of drug-likeness (QED) is 0.585. The number of nitrogens with one attached hydrogen (secondary N) is 2. The molecule has 0 aliphatic rings. The van der Waals surface area contributed by atoms with Gasteiger partial charge < -0.3 is 5.32 Å². The Morgan fingerprint density at radius 3 is 2.28 bits per heavy atom. The van der Waals surface area contributed by atoms with Crippen molar-refractivity contribution in [3.8, 4) is 0 Å². The molecule has 0 heterocycles. The van der Waals surface area contributed by atoms with Crippen LogP contribution in [0.4, 0.5) is 15.8 Å². The minimum absolute atomic E-state index is 0.0451. The number of halogens is 2. The average Bonchev–Trinajstić information content (AvgIpc) is 2.66. The molecule has 0 atom stereocenters. The van der Waals surface area contributed by atoms with Gasteiger partial charge in [-0.2, -0.15) is 0 Å². The zero-order chi connectivity index (χ0) is 21.2. The van der Waals surface area contributed by atoms with E-state index in [0.717, 1.165) is 35.4 Å².